The van der Waals surface area contributed by atoms with E-state index in [2.05, 4.69) is 15.4 Å². The van der Waals surface area contributed by atoms with E-state index < -0.39 is 0 Å². The Kier molecular flexibility index (Phi) is 1.92. The van der Waals surface area contributed by atoms with Crippen LogP contribution in [0.3, 0.4) is 0 Å². The second-order valence-electron chi connectivity index (χ2n) is 2.61. The van der Waals surface area contributed by atoms with Crippen molar-refractivity contribution in [3.05, 3.63) is 42.6 Å². The molecule has 3 heteroatoms. The van der Waals surface area contributed by atoms with Gasteiger partial charge in [0.1, 0.15) is 5.69 Å². The molecule has 0 unspecified atom stereocenters. The number of aromatic nitrogens is 3. The fourth-order valence-corrected chi connectivity index (χ4v) is 1.21. The standard InChI is InChI=1S/C10H8N3/c1-2-8-5-3-4-6-9(8)10-7-11-13-12-10/h1-7H,(H,11,12,13). The van der Waals surface area contributed by atoms with Crippen LogP contribution in [0.1, 0.15) is 5.56 Å². The summed E-state index contributed by atoms with van der Waals surface area (Å²) in [6.45, 7) is 5.47. The van der Waals surface area contributed by atoms with E-state index in [4.69, 9.17) is 6.58 Å². The van der Waals surface area contributed by atoms with Gasteiger partial charge in [-0.3, -0.25) is 5.10 Å². The molecule has 0 spiro atoms. The fraction of sp³-hybridized carbons (Fsp3) is 0. The van der Waals surface area contributed by atoms with Gasteiger partial charge < -0.3 is 0 Å². The van der Waals surface area contributed by atoms with Gasteiger partial charge in [0.2, 0.25) is 0 Å². The Hall–Kier alpha value is -1.90. The van der Waals surface area contributed by atoms with E-state index in [9.17, 15) is 0 Å². The van der Waals surface area contributed by atoms with E-state index in [0.29, 0.717) is 0 Å². The maximum absolute atomic E-state index is 5.47. The number of hydrogen-bond donors (Lipinski definition) is 1. The van der Waals surface area contributed by atoms with Crippen LogP contribution in [0.5, 0.6) is 0 Å². The highest BCUT2D eigenvalue weighted by Crippen LogP contribution is 2.20. The summed E-state index contributed by atoms with van der Waals surface area (Å²) in [7, 11) is 0. The number of hydrogen-bond acceptors (Lipinski definition) is 2. The van der Waals surface area contributed by atoms with E-state index in [1.807, 2.05) is 24.3 Å². The van der Waals surface area contributed by atoms with Gasteiger partial charge in [-0.2, -0.15) is 0 Å². The molecule has 0 amide bonds. The second-order valence-corrected chi connectivity index (χ2v) is 2.61. The Labute approximate surface area is 76.1 Å². The molecule has 1 aromatic heterocycles. The minimum Gasteiger partial charge on any atom is -0.265 e. The fourth-order valence-electron chi connectivity index (χ4n) is 1.21. The third kappa shape index (κ3) is 1.36. The highest BCUT2D eigenvalue weighted by molar-refractivity contribution is 5.71. The highest BCUT2D eigenvalue weighted by Gasteiger charge is 2.03. The minimum absolute atomic E-state index is 0.803. The van der Waals surface area contributed by atoms with Crippen LogP contribution in [0.25, 0.3) is 17.3 Å². The van der Waals surface area contributed by atoms with Crippen molar-refractivity contribution in [2.24, 2.45) is 0 Å². The molecule has 0 atom stereocenters. The average molecular weight is 170 g/mol. The van der Waals surface area contributed by atoms with Crippen LogP contribution in [-0.2, 0) is 0 Å². The Morgan fingerprint density at radius 3 is 2.85 bits per heavy atom. The van der Waals surface area contributed by atoms with Crippen LogP contribution < -0.4 is 0 Å². The highest BCUT2D eigenvalue weighted by atomic mass is 15.3. The van der Waals surface area contributed by atoms with Gasteiger partial charge >= 0.3 is 0 Å². The summed E-state index contributed by atoms with van der Waals surface area (Å²) in [5, 5.41) is 10.2. The Bertz CT molecular complexity index is 404. The van der Waals surface area contributed by atoms with Gasteiger partial charge in [0, 0.05) is 5.56 Å². The first-order valence-electron chi connectivity index (χ1n) is 3.92. The average Bonchev–Trinajstić information content (AvgIpc) is 2.70. The van der Waals surface area contributed by atoms with E-state index in [-0.39, 0.29) is 0 Å². The molecule has 2 aromatic rings. The zero-order chi connectivity index (χ0) is 9.10. The molecule has 0 aliphatic rings. The summed E-state index contributed by atoms with van der Waals surface area (Å²) < 4.78 is 0. The van der Waals surface area contributed by atoms with E-state index in [1.165, 1.54) is 0 Å². The third-order valence-electron chi connectivity index (χ3n) is 1.83. The van der Waals surface area contributed by atoms with Crippen LogP contribution in [0, 0.1) is 6.58 Å². The van der Waals surface area contributed by atoms with E-state index in [1.54, 1.807) is 12.3 Å². The quantitative estimate of drug-likeness (QED) is 0.748. The van der Waals surface area contributed by atoms with Crippen molar-refractivity contribution >= 4 is 6.08 Å². The number of nitrogens with zero attached hydrogens (tertiary/aromatic N) is 2. The van der Waals surface area contributed by atoms with Gasteiger partial charge in [-0.25, -0.2) is 0 Å². The summed E-state index contributed by atoms with van der Waals surface area (Å²) in [5.41, 5.74) is 2.74. The minimum atomic E-state index is 0.803. The predicted octanol–water partition coefficient (Wildman–Crippen LogP) is 1.92. The molecule has 0 aliphatic carbocycles. The van der Waals surface area contributed by atoms with Gasteiger partial charge in [0.25, 0.3) is 0 Å². The van der Waals surface area contributed by atoms with Gasteiger partial charge in [-0.05, 0) is 5.56 Å². The normalized spacial score (nSPS) is 9.85. The summed E-state index contributed by atoms with van der Waals surface area (Å²) in [5.74, 6) is 0. The zero-order valence-electron chi connectivity index (χ0n) is 6.94. The van der Waals surface area contributed by atoms with Crippen LogP contribution in [0.2, 0.25) is 0 Å². The van der Waals surface area contributed by atoms with Crippen molar-refractivity contribution < 1.29 is 0 Å². The molecule has 1 radical (unpaired) electrons. The number of H-pyrrole nitrogens is 1. The molecule has 0 bridgehead atoms. The van der Waals surface area contributed by atoms with Crippen LogP contribution in [0.4, 0.5) is 0 Å². The predicted molar refractivity (Wildman–Crippen MR) is 50.6 cm³/mol. The molecular weight excluding hydrogens is 162 g/mol. The maximum Gasteiger partial charge on any atom is 0.113 e. The first kappa shape index (κ1) is 7.73. The number of aromatic amines is 1. The lowest BCUT2D eigenvalue weighted by atomic mass is 10.1. The number of benzene rings is 1. The Balaban J connectivity index is 2.57. The molecule has 1 N–H and O–H groups in total. The lowest BCUT2D eigenvalue weighted by molar-refractivity contribution is 0.942. The van der Waals surface area contributed by atoms with Gasteiger partial charge in [0.15, 0.2) is 0 Å². The number of nitrogens with one attached hydrogen (secondary N) is 1. The first-order valence-corrected chi connectivity index (χ1v) is 3.92. The molecule has 0 aliphatic heterocycles. The molecular formula is C10H8N3. The van der Waals surface area contributed by atoms with Crippen molar-refractivity contribution in [1.82, 2.24) is 15.4 Å². The van der Waals surface area contributed by atoms with E-state index >= 15 is 0 Å². The van der Waals surface area contributed by atoms with Gasteiger partial charge in [-0.1, -0.05) is 42.1 Å². The Morgan fingerprint density at radius 2 is 2.15 bits per heavy atom. The molecule has 0 saturated heterocycles. The second kappa shape index (κ2) is 3.23. The molecule has 1 aromatic carbocycles. The maximum atomic E-state index is 5.47. The topological polar surface area (TPSA) is 41.6 Å². The molecule has 1 heterocycles. The molecule has 3 nitrogen and oxygen atoms in total. The van der Waals surface area contributed by atoms with Crippen molar-refractivity contribution in [1.29, 1.82) is 0 Å². The van der Waals surface area contributed by atoms with Crippen molar-refractivity contribution in [3.8, 4) is 11.3 Å². The molecule has 2 rings (SSSR count). The molecule has 0 saturated carbocycles. The molecule has 13 heavy (non-hydrogen) atoms. The van der Waals surface area contributed by atoms with Crippen LogP contribution >= 0.6 is 0 Å². The summed E-state index contributed by atoms with van der Waals surface area (Å²) in [6.07, 6.45) is 3.30. The lowest BCUT2D eigenvalue weighted by Crippen LogP contribution is -1.82. The smallest absolute Gasteiger partial charge is 0.113 e. The summed E-state index contributed by atoms with van der Waals surface area (Å²) in [4.78, 5) is 0. The number of rotatable bonds is 2. The van der Waals surface area contributed by atoms with E-state index in [0.717, 1.165) is 16.8 Å². The first-order chi connectivity index (χ1) is 6.42. The summed E-state index contributed by atoms with van der Waals surface area (Å²) >= 11 is 0. The van der Waals surface area contributed by atoms with Crippen molar-refractivity contribution in [2.75, 3.05) is 0 Å². The van der Waals surface area contributed by atoms with Crippen LogP contribution in [0.15, 0.2) is 30.5 Å². The van der Waals surface area contributed by atoms with Crippen molar-refractivity contribution in [2.45, 2.75) is 0 Å². The van der Waals surface area contributed by atoms with Gasteiger partial charge in [-0.15, -0.1) is 5.10 Å². The van der Waals surface area contributed by atoms with Gasteiger partial charge in [0.05, 0.1) is 6.20 Å². The molecule has 63 valence electrons. The monoisotopic (exact) mass is 170 g/mol. The molecule has 0 fully saturated rings. The Morgan fingerprint density at radius 1 is 1.31 bits per heavy atom. The third-order valence-corrected chi connectivity index (χ3v) is 1.83. The lowest BCUT2D eigenvalue weighted by Gasteiger charge is -1.99. The largest absolute Gasteiger partial charge is 0.265 e. The van der Waals surface area contributed by atoms with Crippen LogP contribution in [-0.4, -0.2) is 15.4 Å². The van der Waals surface area contributed by atoms with Crippen molar-refractivity contribution in [3.63, 3.8) is 0 Å². The summed E-state index contributed by atoms with van der Waals surface area (Å²) in [6, 6.07) is 7.76. The zero-order valence-corrected chi connectivity index (χ0v) is 6.94. The SMILES string of the molecule is [CH]=Cc1ccccc1-c1c[nH]nn1.